The molecule has 1 saturated carbocycles. The van der Waals surface area contributed by atoms with Crippen LogP contribution in [0, 0.1) is 5.92 Å². The van der Waals surface area contributed by atoms with Crippen molar-refractivity contribution in [2.75, 3.05) is 10.6 Å². The van der Waals surface area contributed by atoms with E-state index in [9.17, 15) is 13.2 Å². The first-order valence-corrected chi connectivity index (χ1v) is 11.8. The van der Waals surface area contributed by atoms with Crippen LogP contribution in [0.4, 0.5) is 5.69 Å². The van der Waals surface area contributed by atoms with Gasteiger partial charge in [0.05, 0.1) is 11.9 Å². The van der Waals surface area contributed by atoms with Gasteiger partial charge in [0, 0.05) is 17.5 Å². The summed E-state index contributed by atoms with van der Waals surface area (Å²) in [6, 6.07) is 4.58. The third-order valence-electron chi connectivity index (χ3n) is 5.47. The number of carbonyl (C=O) groups excluding carboxylic acids is 1. The second-order valence-electron chi connectivity index (χ2n) is 8.42. The van der Waals surface area contributed by atoms with Crippen molar-refractivity contribution in [2.24, 2.45) is 5.92 Å². The van der Waals surface area contributed by atoms with Gasteiger partial charge in [-0.1, -0.05) is 19.0 Å². The maximum Gasteiger partial charge on any atom is 0.251 e. The summed E-state index contributed by atoms with van der Waals surface area (Å²) in [5, 5.41) is 7.05. The molecule has 1 amide bonds. The van der Waals surface area contributed by atoms with Gasteiger partial charge in [0.25, 0.3) is 5.91 Å². The van der Waals surface area contributed by atoms with Gasteiger partial charge in [-0.25, -0.2) is 8.42 Å². The van der Waals surface area contributed by atoms with Crippen molar-refractivity contribution >= 4 is 21.6 Å². The minimum atomic E-state index is -3.36. The minimum Gasteiger partial charge on any atom is -0.340 e. The van der Waals surface area contributed by atoms with Crippen LogP contribution < -0.4 is 9.62 Å². The van der Waals surface area contributed by atoms with Crippen molar-refractivity contribution in [1.82, 2.24) is 15.5 Å². The lowest BCUT2D eigenvalue weighted by Crippen LogP contribution is -2.34. The Morgan fingerprint density at radius 3 is 2.66 bits per heavy atom. The van der Waals surface area contributed by atoms with Crippen LogP contribution in [-0.4, -0.2) is 36.8 Å². The van der Waals surface area contributed by atoms with E-state index in [1.807, 2.05) is 20.8 Å². The largest absolute Gasteiger partial charge is 0.340 e. The zero-order chi connectivity index (χ0) is 20.9. The van der Waals surface area contributed by atoms with Gasteiger partial charge in [-0.3, -0.25) is 9.10 Å². The monoisotopic (exact) mass is 418 g/mol. The molecule has 29 heavy (non-hydrogen) atoms. The van der Waals surface area contributed by atoms with E-state index in [2.05, 4.69) is 15.5 Å². The average molecular weight is 419 g/mol. The highest BCUT2D eigenvalue weighted by Gasteiger charge is 2.34. The average Bonchev–Trinajstić information content (AvgIpc) is 3.26. The molecule has 4 rings (SSSR count). The molecule has 1 aromatic heterocycles. The fourth-order valence-corrected chi connectivity index (χ4v) is 5.13. The van der Waals surface area contributed by atoms with E-state index < -0.39 is 10.0 Å². The number of nitrogens with zero attached hydrogens (tertiary/aromatic N) is 3. The van der Waals surface area contributed by atoms with Crippen molar-refractivity contribution in [3.8, 4) is 0 Å². The van der Waals surface area contributed by atoms with Crippen LogP contribution in [0.3, 0.4) is 0 Å². The number of fused-ring (bicyclic) bond motifs is 1. The third kappa shape index (κ3) is 3.88. The van der Waals surface area contributed by atoms with E-state index in [4.69, 9.17) is 4.52 Å². The molecule has 156 valence electrons. The van der Waals surface area contributed by atoms with Gasteiger partial charge in [0.15, 0.2) is 5.82 Å². The quantitative estimate of drug-likeness (QED) is 0.773. The first-order chi connectivity index (χ1) is 13.6. The molecule has 0 radical (unpaired) electrons. The summed E-state index contributed by atoms with van der Waals surface area (Å²) < 4.78 is 31.0. The molecule has 1 aromatic carbocycles. The zero-order valence-corrected chi connectivity index (χ0v) is 17.9. The molecular weight excluding hydrogens is 392 g/mol. The summed E-state index contributed by atoms with van der Waals surface area (Å²) in [4.78, 5) is 17.4. The van der Waals surface area contributed by atoms with E-state index in [1.165, 1.54) is 10.6 Å². The second-order valence-corrected chi connectivity index (χ2v) is 10.3. The first-order valence-electron chi connectivity index (χ1n) is 9.92. The second kappa shape index (κ2) is 7.12. The minimum absolute atomic E-state index is 0.0710. The van der Waals surface area contributed by atoms with Crippen LogP contribution in [0.25, 0.3) is 0 Å². The molecule has 2 heterocycles. The fourth-order valence-electron chi connectivity index (χ4n) is 3.87. The summed E-state index contributed by atoms with van der Waals surface area (Å²) in [7, 11) is -3.36. The van der Waals surface area contributed by atoms with E-state index in [-0.39, 0.29) is 23.9 Å². The Bertz CT molecular complexity index is 1040. The van der Waals surface area contributed by atoms with Gasteiger partial charge >= 0.3 is 0 Å². The van der Waals surface area contributed by atoms with Crippen molar-refractivity contribution < 1.29 is 17.7 Å². The number of amides is 1. The molecular formula is C20H26N4O4S. The van der Waals surface area contributed by atoms with Crippen LogP contribution >= 0.6 is 0 Å². The normalized spacial score (nSPS) is 20.0. The van der Waals surface area contributed by atoms with Crippen molar-refractivity contribution in [2.45, 2.75) is 58.0 Å². The number of hydrogen-bond donors (Lipinski definition) is 1. The Hall–Kier alpha value is -2.42. The molecule has 2 unspecified atom stereocenters. The number of benzene rings is 1. The molecule has 0 bridgehead atoms. The molecule has 1 N–H and O–H groups in total. The summed E-state index contributed by atoms with van der Waals surface area (Å²) in [6.07, 6.45) is 3.93. The Kier molecular flexibility index (Phi) is 4.88. The Balaban J connectivity index is 1.55. The number of nitrogens with one attached hydrogen (secondary N) is 1. The summed E-state index contributed by atoms with van der Waals surface area (Å²) in [5.41, 5.74) is 1.98. The number of aromatic nitrogens is 2. The lowest BCUT2D eigenvalue weighted by atomic mass is 10.0. The van der Waals surface area contributed by atoms with Crippen LogP contribution in [0.5, 0.6) is 0 Å². The van der Waals surface area contributed by atoms with E-state index in [1.54, 1.807) is 18.2 Å². The first kappa shape index (κ1) is 19.9. The van der Waals surface area contributed by atoms with Crippen molar-refractivity contribution in [3.05, 3.63) is 41.0 Å². The fraction of sp³-hybridized carbons (Fsp3) is 0.550. The van der Waals surface area contributed by atoms with Crippen molar-refractivity contribution in [1.29, 1.82) is 0 Å². The zero-order valence-electron chi connectivity index (χ0n) is 17.0. The van der Waals surface area contributed by atoms with Crippen LogP contribution in [0.2, 0.25) is 0 Å². The highest BCUT2D eigenvalue weighted by atomic mass is 32.2. The lowest BCUT2D eigenvalue weighted by molar-refractivity contribution is 0.0914. The van der Waals surface area contributed by atoms with Gasteiger partial charge in [0.2, 0.25) is 15.9 Å². The molecule has 1 aliphatic carbocycles. The van der Waals surface area contributed by atoms with E-state index >= 15 is 0 Å². The smallest absolute Gasteiger partial charge is 0.251 e. The maximum absolute atomic E-state index is 12.9. The lowest BCUT2D eigenvalue weighted by Gasteiger charge is -2.22. The number of sulfonamides is 1. The summed E-state index contributed by atoms with van der Waals surface area (Å²) in [6.45, 7) is 5.84. The van der Waals surface area contributed by atoms with Crippen LogP contribution in [-0.2, 0) is 16.4 Å². The molecule has 0 spiro atoms. The standard InChI is InChI=1S/C20H26N4O4S/c1-11(2)17(20-22-18(23-28-20)13-5-6-13)21-19(25)14-7-8-16-15(10-14)9-12(3)24(16)29(4,26)27/h7-8,10-13,17H,5-6,9H2,1-4H3,(H,21,25). The summed E-state index contributed by atoms with van der Waals surface area (Å²) >= 11 is 0. The highest BCUT2D eigenvalue weighted by Crippen LogP contribution is 2.39. The van der Waals surface area contributed by atoms with Gasteiger partial charge < -0.3 is 9.84 Å². The molecule has 1 fully saturated rings. The Morgan fingerprint density at radius 1 is 1.31 bits per heavy atom. The SMILES string of the molecule is CC(C)C(NC(=O)c1ccc2c(c1)CC(C)N2S(C)(=O)=O)c1nc(C2CC2)no1. The predicted octanol–water partition coefficient (Wildman–Crippen LogP) is 2.78. The van der Waals surface area contributed by atoms with Gasteiger partial charge in [0.1, 0.15) is 6.04 Å². The van der Waals surface area contributed by atoms with Gasteiger partial charge in [-0.05, 0) is 55.9 Å². The summed E-state index contributed by atoms with van der Waals surface area (Å²) in [5.74, 6) is 1.35. The number of carbonyl (C=O) groups is 1. The topological polar surface area (TPSA) is 105 Å². The van der Waals surface area contributed by atoms with Gasteiger partial charge in [-0.15, -0.1) is 0 Å². The molecule has 1 aliphatic heterocycles. The number of anilines is 1. The Morgan fingerprint density at radius 2 is 2.03 bits per heavy atom. The molecule has 8 nitrogen and oxygen atoms in total. The van der Waals surface area contributed by atoms with E-state index in [0.717, 1.165) is 18.4 Å². The van der Waals surface area contributed by atoms with E-state index in [0.29, 0.717) is 35.3 Å². The highest BCUT2D eigenvalue weighted by molar-refractivity contribution is 7.92. The van der Waals surface area contributed by atoms with Crippen molar-refractivity contribution in [3.63, 3.8) is 0 Å². The molecule has 2 aromatic rings. The van der Waals surface area contributed by atoms with Crippen LogP contribution in [0.15, 0.2) is 22.7 Å². The Labute approximate surface area is 170 Å². The van der Waals surface area contributed by atoms with Gasteiger partial charge in [-0.2, -0.15) is 4.98 Å². The molecule has 2 aliphatic rings. The van der Waals surface area contributed by atoms with Crippen LogP contribution in [0.1, 0.15) is 73.2 Å². The number of hydrogen-bond acceptors (Lipinski definition) is 6. The third-order valence-corrected chi connectivity index (χ3v) is 6.74. The number of rotatable bonds is 6. The predicted molar refractivity (Wildman–Crippen MR) is 108 cm³/mol. The molecule has 0 saturated heterocycles. The maximum atomic E-state index is 12.9. The molecule has 9 heteroatoms. The molecule has 2 atom stereocenters.